The van der Waals surface area contributed by atoms with Crippen LogP contribution in [-0.4, -0.2) is 36.1 Å². The molecule has 0 saturated carbocycles. The van der Waals surface area contributed by atoms with Gasteiger partial charge in [-0.3, -0.25) is 0 Å². The molecule has 1 aromatic rings. The first-order valence-electron chi connectivity index (χ1n) is 5.36. The van der Waals surface area contributed by atoms with E-state index in [1.54, 1.807) is 6.07 Å². The number of nitrogen functional groups attached to an aromatic ring is 1. The molecule has 0 aliphatic rings. The Kier molecular flexibility index (Phi) is 3.75. The topological polar surface area (TPSA) is 51.4 Å². The van der Waals surface area contributed by atoms with Crippen molar-refractivity contribution in [1.29, 1.82) is 0 Å². The highest BCUT2D eigenvalue weighted by molar-refractivity contribution is 5.43. The van der Waals surface area contributed by atoms with Crippen LogP contribution in [0.3, 0.4) is 0 Å². The zero-order chi connectivity index (χ0) is 12.3. The summed E-state index contributed by atoms with van der Waals surface area (Å²) in [6.45, 7) is 6.71. The average molecular weight is 223 g/mol. The van der Waals surface area contributed by atoms with Crippen LogP contribution >= 0.6 is 0 Å². The van der Waals surface area contributed by atoms with Gasteiger partial charge in [0.15, 0.2) is 0 Å². The largest absolute Gasteiger partial charge is 0.476 e. The molecule has 4 nitrogen and oxygen atoms in total. The third-order valence-electron chi connectivity index (χ3n) is 2.89. The Morgan fingerprint density at radius 3 is 2.50 bits per heavy atom. The molecule has 0 atom stereocenters. The van der Waals surface area contributed by atoms with Crippen molar-refractivity contribution >= 4 is 5.69 Å². The number of anilines is 1. The van der Waals surface area contributed by atoms with Crippen LogP contribution in [0.4, 0.5) is 5.69 Å². The fourth-order valence-electron chi connectivity index (χ4n) is 1.01. The van der Waals surface area contributed by atoms with E-state index >= 15 is 0 Å². The number of aryl methyl sites for hydroxylation is 1. The Morgan fingerprint density at radius 2 is 2.00 bits per heavy atom. The van der Waals surface area contributed by atoms with E-state index in [0.717, 1.165) is 5.69 Å². The standard InChI is InChI=1S/C12H21N3O/c1-9-10(13)6-7-11(14-9)16-8-12(2,3)15(4)5/h6-7H,8,13H2,1-5H3. The molecule has 0 spiro atoms. The van der Waals surface area contributed by atoms with Gasteiger partial charge in [0.2, 0.25) is 5.88 Å². The Labute approximate surface area is 97.4 Å². The Morgan fingerprint density at radius 1 is 1.38 bits per heavy atom. The van der Waals surface area contributed by atoms with E-state index in [-0.39, 0.29) is 5.54 Å². The summed E-state index contributed by atoms with van der Waals surface area (Å²) in [5.41, 5.74) is 7.18. The second kappa shape index (κ2) is 4.70. The maximum absolute atomic E-state index is 5.69. The molecule has 1 heterocycles. The van der Waals surface area contributed by atoms with Crippen LogP contribution in [0.15, 0.2) is 12.1 Å². The highest BCUT2D eigenvalue weighted by Gasteiger charge is 2.21. The number of hydrogen-bond acceptors (Lipinski definition) is 4. The first kappa shape index (κ1) is 12.8. The second-order valence-electron chi connectivity index (χ2n) is 4.82. The van der Waals surface area contributed by atoms with Crippen LogP contribution in [0.5, 0.6) is 5.88 Å². The van der Waals surface area contributed by atoms with Gasteiger partial charge in [0.05, 0.1) is 11.4 Å². The van der Waals surface area contributed by atoms with Gasteiger partial charge in [-0.2, -0.15) is 0 Å². The van der Waals surface area contributed by atoms with E-state index in [4.69, 9.17) is 10.5 Å². The number of likely N-dealkylation sites (N-methyl/N-ethyl adjacent to an activating group) is 1. The van der Waals surface area contributed by atoms with E-state index < -0.39 is 0 Å². The highest BCUT2D eigenvalue weighted by atomic mass is 16.5. The summed E-state index contributed by atoms with van der Waals surface area (Å²) >= 11 is 0. The van der Waals surface area contributed by atoms with E-state index in [2.05, 4.69) is 23.7 Å². The van der Waals surface area contributed by atoms with Crippen molar-refractivity contribution in [2.24, 2.45) is 0 Å². The van der Waals surface area contributed by atoms with Gasteiger partial charge in [-0.1, -0.05) is 0 Å². The van der Waals surface area contributed by atoms with Gasteiger partial charge in [0, 0.05) is 11.6 Å². The zero-order valence-electron chi connectivity index (χ0n) is 10.7. The van der Waals surface area contributed by atoms with Gasteiger partial charge in [-0.25, -0.2) is 4.98 Å². The Hall–Kier alpha value is -1.29. The summed E-state index contributed by atoms with van der Waals surface area (Å²) in [5.74, 6) is 0.627. The van der Waals surface area contributed by atoms with Gasteiger partial charge in [-0.15, -0.1) is 0 Å². The molecule has 0 aliphatic heterocycles. The zero-order valence-corrected chi connectivity index (χ0v) is 10.7. The summed E-state index contributed by atoms with van der Waals surface area (Å²) in [6, 6.07) is 3.62. The van der Waals surface area contributed by atoms with E-state index in [1.165, 1.54) is 0 Å². The number of nitrogens with two attached hydrogens (primary N) is 1. The molecule has 0 aliphatic carbocycles. The fraction of sp³-hybridized carbons (Fsp3) is 0.583. The van der Waals surface area contributed by atoms with Gasteiger partial charge < -0.3 is 15.4 Å². The Balaban J connectivity index is 2.65. The van der Waals surface area contributed by atoms with Crippen molar-refractivity contribution in [2.45, 2.75) is 26.3 Å². The number of rotatable bonds is 4. The summed E-state index contributed by atoms with van der Waals surface area (Å²) in [6.07, 6.45) is 0. The summed E-state index contributed by atoms with van der Waals surface area (Å²) < 4.78 is 5.66. The van der Waals surface area contributed by atoms with Crippen LogP contribution in [-0.2, 0) is 0 Å². The molecule has 4 heteroatoms. The number of nitrogens with zero attached hydrogens (tertiary/aromatic N) is 2. The van der Waals surface area contributed by atoms with E-state index in [9.17, 15) is 0 Å². The lowest BCUT2D eigenvalue weighted by Crippen LogP contribution is -2.43. The normalized spacial score (nSPS) is 11.9. The third kappa shape index (κ3) is 3.10. The fourth-order valence-corrected chi connectivity index (χ4v) is 1.01. The maximum Gasteiger partial charge on any atom is 0.213 e. The monoisotopic (exact) mass is 223 g/mol. The van der Waals surface area contributed by atoms with Gasteiger partial charge in [-0.05, 0) is 40.9 Å². The number of pyridine rings is 1. The smallest absolute Gasteiger partial charge is 0.213 e. The van der Waals surface area contributed by atoms with E-state index in [0.29, 0.717) is 18.2 Å². The molecule has 0 unspecified atom stereocenters. The van der Waals surface area contributed by atoms with Crippen LogP contribution < -0.4 is 10.5 Å². The Bertz CT molecular complexity index is 361. The molecule has 0 fully saturated rings. The minimum absolute atomic E-state index is 0.0169. The van der Waals surface area contributed by atoms with Crippen molar-refractivity contribution in [2.75, 3.05) is 26.4 Å². The molecule has 90 valence electrons. The lowest BCUT2D eigenvalue weighted by molar-refractivity contribution is 0.111. The molecule has 0 saturated heterocycles. The van der Waals surface area contributed by atoms with Gasteiger partial charge >= 0.3 is 0 Å². The molecular weight excluding hydrogens is 202 g/mol. The molecule has 0 bridgehead atoms. The predicted molar refractivity (Wildman–Crippen MR) is 66.6 cm³/mol. The van der Waals surface area contributed by atoms with Crippen molar-refractivity contribution in [1.82, 2.24) is 9.88 Å². The van der Waals surface area contributed by atoms with Crippen molar-refractivity contribution < 1.29 is 4.74 Å². The molecule has 16 heavy (non-hydrogen) atoms. The highest BCUT2D eigenvalue weighted by Crippen LogP contribution is 2.16. The van der Waals surface area contributed by atoms with Gasteiger partial charge in [0.25, 0.3) is 0 Å². The van der Waals surface area contributed by atoms with Crippen LogP contribution in [0.25, 0.3) is 0 Å². The molecule has 1 rings (SSSR count). The molecule has 0 radical (unpaired) electrons. The average Bonchev–Trinajstić information content (AvgIpc) is 2.20. The van der Waals surface area contributed by atoms with Crippen molar-refractivity contribution in [3.63, 3.8) is 0 Å². The van der Waals surface area contributed by atoms with Crippen molar-refractivity contribution in [3.05, 3.63) is 17.8 Å². The lowest BCUT2D eigenvalue weighted by Gasteiger charge is -2.31. The second-order valence-corrected chi connectivity index (χ2v) is 4.82. The van der Waals surface area contributed by atoms with Crippen LogP contribution in [0.2, 0.25) is 0 Å². The maximum atomic E-state index is 5.69. The molecule has 0 aromatic carbocycles. The lowest BCUT2D eigenvalue weighted by atomic mass is 10.1. The number of hydrogen-bond donors (Lipinski definition) is 1. The predicted octanol–water partition coefficient (Wildman–Crippen LogP) is 1.69. The molecule has 0 amide bonds. The van der Waals surface area contributed by atoms with Crippen molar-refractivity contribution in [3.8, 4) is 5.88 Å². The van der Waals surface area contributed by atoms with E-state index in [1.807, 2.05) is 27.1 Å². The minimum atomic E-state index is -0.0169. The van der Waals surface area contributed by atoms with Gasteiger partial charge in [0.1, 0.15) is 6.61 Å². The SMILES string of the molecule is Cc1nc(OCC(C)(C)N(C)C)ccc1N. The number of ether oxygens (including phenoxy) is 1. The minimum Gasteiger partial charge on any atom is -0.476 e. The summed E-state index contributed by atoms with van der Waals surface area (Å²) in [5, 5.41) is 0. The third-order valence-corrected chi connectivity index (χ3v) is 2.89. The summed E-state index contributed by atoms with van der Waals surface area (Å²) in [4.78, 5) is 6.39. The number of aromatic nitrogens is 1. The first-order chi connectivity index (χ1) is 7.33. The quantitative estimate of drug-likeness (QED) is 0.844. The molecule has 1 aromatic heterocycles. The molecular formula is C12H21N3O. The van der Waals surface area contributed by atoms with Crippen LogP contribution in [0.1, 0.15) is 19.5 Å². The summed E-state index contributed by atoms with van der Waals surface area (Å²) in [7, 11) is 4.07. The molecule has 2 N–H and O–H groups in total. The van der Waals surface area contributed by atoms with Crippen LogP contribution in [0, 0.1) is 6.92 Å². The first-order valence-corrected chi connectivity index (χ1v) is 5.36.